The van der Waals surface area contributed by atoms with Gasteiger partial charge in [-0.05, 0) is 55.3 Å². The zero-order valence-electron chi connectivity index (χ0n) is 15.8. The Labute approximate surface area is 157 Å². The van der Waals surface area contributed by atoms with Crippen LogP contribution in [0.15, 0.2) is 41.0 Å². The molecule has 27 heavy (non-hydrogen) atoms. The van der Waals surface area contributed by atoms with E-state index in [2.05, 4.69) is 10.6 Å². The molecule has 0 atom stereocenters. The van der Waals surface area contributed by atoms with Crippen LogP contribution in [0.1, 0.15) is 23.6 Å². The van der Waals surface area contributed by atoms with Crippen molar-refractivity contribution in [1.82, 2.24) is 0 Å². The minimum Gasteiger partial charge on any atom is -0.495 e. The highest BCUT2D eigenvalue weighted by atomic mass is 16.5. The van der Waals surface area contributed by atoms with Gasteiger partial charge in [-0.15, -0.1) is 0 Å². The molecule has 0 saturated carbocycles. The molecule has 0 saturated heterocycles. The van der Waals surface area contributed by atoms with E-state index in [1.165, 1.54) is 14.0 Å². The molecule has 6 nitrogen and oxygen atoms in total. The number of furan rings is 1. The van der Waals surface area contributed by atoms with Crippen molar-refractivity contribution in [3.63, 3.8) is 0 Å². The Morgan fingerprint density at radius 2 is 1.81 bits per heavy atom. The third kappa shape index (κ3) is 4.11. The molecular formula is C21H22N2O4. The molecule has 2 aromatic carbocycles. The fourth-order valence-corrected chi connectivity index (χ4v) is 2.92. The molecule has 0 unspecified atom stereocenters. The summed E-state index contributed by atoms with van der Waals surface area (Å²) in [5.41, 5.74) is 4.99. The Morgan fingerprint density at radius 1 is 1.07 bits per heavy atom. The number of carbonyl (C=O) groups is 2. The SMILES string of the molecule is COc1ccc(NC(=O)Cc2coc3cc(C)c(C)cc23)cc1NC(C)=O. The molecule has 2 N–H and O–H groups in total. The second kappa shape index (κ2) is 7.53. The summed E-state index contributed by atoms with van der Waals surface area (Å²) in [5.74, 6) is 0.136. The predicted octanol–water partition coefficient (Wildman–Crippen LogP) is 4.20. The van der Waals surface area contributed by atoms with Gasteiger partial charge in [0.25, 0.3) is 0 Å². The standard InChI is InChI=1S/C21H22N2O4/c1-12-7-17-15(11-27-20(17)8-13(12)2)9-21(25)23-16-5-6-19(26-4)18(10-16)22-14(3)24/h5-8,10-11H,9H2,1-4H3,(H,22,24)(H,23,25). The Morgan fingerprint density at radius 3 is 2.52 bits per heavy atom. The normalized spacial score (nSPS) is 10.7. The molecule has 6 heteroatoms. The predicted molar refractivity (Wildman–Crippen MR) is 105 cm³/mol. The molecule has 3 aromatic rings. The van der Waals surface area contributed by atoms with Crippen molar-refractivity contribution in [2.24, 2.45) is 0 Å². The number of aryl methyl sites for hydroxylation is 2. The van der Waals surface area contributed by atoms with Crippen LogP contribution in [-0.2, 0) is 16.0 Å². The van der Waals surface area contributed by atoms with Gasteiger partial charge in [-0.3, -0.25) is 9.59 Å². The summed E-state index contributed by atoms with van der Waals surface area (Å²) in [7, 11) is 1.52. The van der Waals surface area contributed by atoms with Crippen molar-refractivity contribution in [3.8, 4) is 5.75 Å². The van der Waals surface area contributed by atoms with Crippen LogP contribution in [0.2, 0.25) is 0 Å². The van der Waals surface area contributed by atoms with Crippen molar-refractivity contribution in [2.45, 2.75) is 27.2 Å². The average molecular weight is 366 g/mol. The maximum absolute atomic E-state index is 12.5. The number of nitrogens with one attached hydrogen (secondary N) is 2. The minimum absolute atomic E-state index is 0.171. The number of anilines is 2. The molecule has 0 spiro atoms. The lowest BCUT2D eigenvalue weighted by Gasteiger charge is -2.12. The second-order valence-electron chi connectivity index (χ2n) is 6.51. The molecular weight excluding hydrogens is 344 g/mol. The lowest BCUT2D eigenvalue weighted by atomic mass is 10.0. The van der Waals surface area contributed by atoms with E-state index in [-0.39, 0.29) is 18.2 Å². The van der Waals surface area contributed by atoms with E-state index in [9.17, 15) is 9.59 Å². The van der Waals surface area contributed by atoms with Gasteiger partial charge in [-0.25, -0.2) is 0 Å². The van der Waals surface area contributed by atoms with Crippen LogP contribution in [0.5, 0.6) is 5.75 Å². The van der Waals surface area contributed by atoms with Gasteiger partial charge in [-0.1, -0.05) is 0 Å². The zero-order chi connectivity index (χ0) is 19.6. The van der Waals surface area contributed by atoms with E-state index in [1.807, 2.05) is 26.0 Å². The molecule has 0 aliphatic carbocycles. The number of methoxy groups -OCH3 is 1. The van der Waals surface area contributed by atoms with Gasteiger partial charge in [-0.2, -0.15) is 0 Å². The zero-order valence-corrected chi connectivity index (χ0v) is 15.8. The summed E-state index contributed by atoms with van der Waals surface area (Å²) in [6.07, 6.45) is 1.82. The Hall–Kier alpha value is -3.28. The molecule has 0 radical (unpaired) electrons. The molecule has 0 bridgehead atoms. The number of ether oxygens (including phenoxy) is 1. The topological polar surface area (TPSA) is 80.6 Å². The molecule has 0 aliphatic rings. The maximum atomic E-state index is 12.5. The molecule has 1 heterocycles. The van der Waals surface area contributed by atoms with E-state index in [1.54, 1.807) is 24.5 Å². The Balaban J connectivity index is 1.78. The van der Waals surface area contributed by atoms with E-state index < -0.39 is 0 Å². The largest absolute Gasteiger partial charge is 0.495 e. The van der Waals surface area contributed by atoms with Gasteiger partial charge < -0.3 is 19.8 Å². The van der Waals surface area contributed by atoms with E-state index in [4.69, 9.17) is 9.15 Å². The Bertz CT molecular complexity index is 1020. The Kier molecular flexibility index (Phi) is 5.16. The third-order valence-corrected chi connectivity index (χ3v) is 4.41. The fourth-order valence-electron chi connectivity index (χ4n) is 2.92. The first-order valence-corrected chi connectivity index (χ1v) is 8.60. The highest BCUT2D eigenvalue weighted by Gasteiger charge is 2.13. The number of rotatable bonds is 5. The van der Waals surface area contributed by atoms with Crippen LogP contribution in [0, 0.1) is 13.8 Å². The molecule has 0 aliphatic heterocycles. The van der Waals surface area contributed by atoms with Crippen molar-refractivity contribution < 1.29 is 18.7 Å². The second-order valence-corrected chi connectivity index (χ2v) is 6.51. The van der Waals surface area contributed by atoms with Gasteiger partial charge in [0.05, 0.1) is 25.5 Å². The van der Waals surface area contributed by atoms with Crippen LogP contribution in [-0.4, -0.2) is 18.9 Å². The lowest BCUT2D eigenvalue weighted by Crippen LogP contribution is -2.15. The number of benzene rings is 2. The number of hydrogen-bond acceptors (Lipinski definition) is 4. The van der Waals surface area contributed by atoms with Crippen molar-refractivity contribution in [1.29, 1.82) is 0 Å². The van der Waals surface area contributed by atoms with Crippen LogP contribution < -0.4 is 15.4 Å². The summed E-state index contributed by atoms with van der Waals surface area (Å²) in [4.78, 5) is 23.8. The first-order chi connectivity index (χ1) is 12.9. The van der Waals surface area contributed by atoms with E-state index in [0.717, 1.165) is 27.7 Å². The van der Waals surface area contributed by atoms with Gasteiger partial charge >= 0.3 is 0 Å². The number of hydrogen-bond donors (Lipinski definition) is 2. The van der Waals surface area contributed by atoms with E-state index >= 15 is 0 Å². The van der Waals surface area contributed by atoms with Crippen molar-refractivity contribution >= 4 is 34.2 Å². The first kappa shape index (κ1) is 18.5. The van der Waals surface area contributed by atoms with Crippen molar-refractivity contribution in [3.05, 3.63) is 53.3 Å². The summed E-state index contributed by atoms with van der Waals surface area (Å²) in [5, 5.41) is 6.48. The third-order valence-electron chi connectivity index (χ3n) is 4.41. The minimum atomic E-state index is -0.215. The first-order valence-electron chi connectivity index (χ1n) is 8.60. The van der Waals surface area contributed by atoms with Crippen LogP contribution in [0.3, 0.4) is 0 Å². The number of fused-ring (bicyclic) bond motifs is 1. The monoisotopic (exact) mass is 366 g/mol. The van der Waals surface area contributed by atoms with Crippen LogP contribution in [0.4, 0.5) is 11.4 Å². The molecule has 3 rings (SSSR count). The van der Waals surface area contributed by atoms with Gasteiger partial charge in [0, 0.05) is 23.6 Å². The van der Waals surface area contributed by atoms with Gasteiger partial charge in [0.2, 0.25) is 11.8 Å². The average Bonchev–Trinajstić information content (AvgIpc) is 2.96. The number of amides is 2. The van der Waals surface area contributed by atoms with E-state index in [0.29, 0.717) is 17.1 Å². The highest BCUT2D eigenvalue weighted by Crippen LogP contribution is 2.29. The van der Waals surface area contributed by atoms with Crippen LogP contribution >= 0.6 is 0 Å². The smallest absolute Gasteiger partial charge is 0.228 e. The molecule has 1 aromatic heterocycles. The summed E-state index contributed by atoms with van der Waals surface area (Å²) in [6, 6.07) is 9.11. The lowest BCUT2D eigenvalue weighted by molar-refractivity contribution is -0.115. The van der Waals surface area contributed by atoms with Crippen molar-refractivity contribution in [2.75, 3.05) is 17.7 Å². The van der Waals surface area contributed by atoms with Gasteiger partial charge in [0.1, 0.15) is 11.3 Å². The molecule has 140 valence electrons. The van der Waals surface area contributed by atoms with Gasteiger partial charge in [0.15, 0.2) is 0 Å². The summed E-state index contributed by atoms with van der Waals surface area (Å²) < 4.78 is 10.8. The maximum Gasteiger partial charge on any atom is 0.228 e. The highest BCUT2D eigenvalue weighted by molar-refractivity contribution is 5.97. The summed E-state index contributed by atoms with van der Waals surface area (Å²) >= 11 is 0. The van der Waals surface area contributed by atoms with Crippen LogP contribution in [0.25, 0.3) is 11.0 Å². The number of carbonyl (C=O) groups excluding carboxylic acids is 2. The summed E-state index contributed by atoms with van der Waals surface area (Å²) in [6.45, 7) is 5.48. The quantitative estimate of drug-likeness (QED) is 0.709. The molecule has 2 amide bonds. The fraction of sp³-hybridized carbons (Fsp3) is 0.238. The molecule has 0 fully saturated rings.